The average molecular weight is 244 g/mol. The lowest BCUT2D eigenvalue weighted by Gasteiger charge is -2.07. The average Bonchev–Trinajstić information content (AvgIpc) is 2.40. The molecule has 0 aliphatic heterocycles. The molecule has 0 aliphatic rings. The predicted octanol–water partition coefficient (Wildman–Crippen LogP) is 1.32. The van der Waals surface area contributed by atoms with E-state index in [1.807, 2.05) is 0 Å². The third kappa shape index (κ3) is 2.54. The first-order valence-electron chi connectivity index (χ1n) is 5.22. The molecule has 3 N–H and O–H groups in total. The van der Waals surface area contributed by atoms with Gasteiger partial charge in [-0.15, -0.1) is 0 Å². The minimum Gasteiger partial charge on any atom is -0.495 e. The predicted molar refractivity (Wildman–Crippen MR) is 67.4 cm³/mol. The van der Waals surface area contributed by atoms with Crippen LogP contribution in [0.2, 0.25) is 0 Å². The van der Waals surface area contributed by atoms with E-state index in [2.05, 4.69) is 15.3 Å². The van der Waals surface area contributed by atoms with Crippen LogP contribution in [0, 0.1) is 0 Å². The zero-order valence-electron chi connectivity index (χ0n) is 9.75. The molecule has 1 aromatic carbocycles. The third-order valence-corrected chi connectivity index (χ3v) is 2.29. The molecule has 0 atom stereocenters. The number of hydrogen-bond donors (Lipinski definition) is 2. The van der Waals surface area contributed by atoms with E-state index in [9.17, 15) is 4.79 Å². The summed E-state index contributed by atoms with van der Waals surface area (Å²) < 4.78 is 5.05. The van der Waals surface area contributed by atoms with Gasteiger partial charge in [0.1, 0.15) is 5.75 Å². The van der Waals surface area contributed by atoms with Gasteiger partial charge in [0.25, 0.3) is 5.91 Å². The van der Waals surface area contributed by atoms with E-state index in [1.165, 1.54) is 7.11 Å². The fraction of sp³-hybridized carbons (Fsp3) is 0.0833. The van der Waals surface area contributed by atoms with Crippen LogP contribution in [0.5, 0.6) is 5.75 Å². The molecule has 0 saturated heterocycles. The number of anilines is 2. The highest BCUT2D eigenvalue weighted by Gasteiger charge is 2.10. The van der Waals surface area contributed by atoms with Crippen LogP contribution < -0.4 is 15.8 Å². The Morgan fingerprint density at radius 3 is 2.72 bits per heavy atom. The number of methoxy groups -OCH3 is 1. The van der Waals surface area contributed by atoms with Crippen molar-refractivity contribution in [3.63, 3.8) is 0 Å². The Morgan fingerprint density at radius 1 is 1.33 bits per heavy atom. The fourth-order valence-electron chi connectivity index (χ4n) is 1.39. The number of carbonyl (C=O) groups excluding carboxylic acids is 1. The van der Waals surface area contributed by atoms with Crippen LogP contribution in [0.25, 0.3) is 0 Å². The number of hydrogen-bond acceptors (Lipinski definition) is 5. The molecular weight excluding hydrogens is 232 g/mol. The van der Waals surface area contributed by atoms with Gasteiger partial charge in [0, 0.05) is 18.0 Å². The summed E-state index contributed by atoms with van der Waals surface area (Å²) in [6.45, 7) is 0. The smallest absolute Gasteiger partial charge is 0.258 e. The van der Waals surface area contributed by atoms with E-state index < -0.39 is 0 Å². The summed E-state index contributed by atoms with van der Waals surface area (Å²) in [5, 5.41) is 2.57. The zero-order chi connectivity index (χ0) is 13.0. The van der Waals surface area contributed by atoms with E-state index in [4.69, 9.17) is 10.5 Å². The largest absolute Gasteiger partial charge is 0.495 e. The molecule has 6 nitrogen and oxygen atoms in total. The zero-order valence-corrected chi connectivity index (χ0v) is 9.75. The molecule has 1 heterocycles. The van der Waals surface area contributed by atoms with Crippen LogP contribution in [-0.4, -0.2) is 23.0 Å². The van der Waals surface area contributed by atoms with Crippen molar-refractivity contribution in [1.29, 1.82) is 0 Å². The van der Waals surface area contributed by atoms with Crippen LogP contribution in [0.4, 0.5) is 11.6 Å². The molecule has 1 amide bonds. The Bertz CT molecular complexity index is 557. The van der Waals surface area contributed by atoms with Gasteiger partial charge in [0.05, 0.1) is 12.8 Å². The van der Waals surface area contributed by atoms with E-state index in [0.717, 1.165) is 0 Å². The van der Waals surface area contributed by atoms with Crippen molar-refractivity contribution >= 4 is 17.5 Å². The summed E-state index contributed by atoms with van der Waals surface area (Å²) in [5.41, 5.74) is 6.57. The van der Waals surface area contributed by atoms with Crippen LogP contribution in [0.1, 0.15) is 10.4 Å². The second-order valence-electron chi connectivity index (χ2n) is 3.48. The molecule has 0 spiro atoms. The number of rotatable bonds is 3. The number of ether oxygens (including phenoxy) is 1. The first-order chi connectivity index (χ1) is 8.70. The fourth-order valence-corrected chi connectivity index (χ4v) is 1.39. The number of nitrogen functional groups attached to an aromatic ring is 1. The second kappa shape index (κ2) is 5.13. The molecular formula is C12H12N4O2. The van der Waals surface area contributed by atoms with Crippen LogP contribution in [0.3, 0.4) is 0 Å². The summed E-state index contributed by atoms with van der Waals surface area (Å²) in [7, 11) is 1.49. The third-order valence-electron chi connectivity index (χ3n) is 2.29. The lowest BCUT2D eigenvalue weighted by molar-refractivity contribution is 0.102. The number of nitrogens with two attached hydrogens (primary N) is 1. The minimum absolute atomic E-state index is 0.248. The van der Waals surface area contributed by atoms with Crippen molar-refractivity contribution in [2.75, 3.05) is 18.2 Å². The van der Waals surface area contributed by atoms with Crippen LogP contribution in [-0.2, 0) is 0 Å². The number of nitrogens with one attached hydrogen (secondary N) is 1. The molecule has 0 fully saturated rings. The molecule has 0 radical (unpaired) electrons. The van der Waals surface area contributed by atoms with Gasteiger partial charge < -0.3 is 10.5 Å². The molecule has 0 saturated carbocycles. The van der Waals surface area contributed by atoms with Crippen molar-refractivity contribution < 1.29 is 9.53 Å². The Hall–Kier alpha value is -2.63. The Morgan fingerprint density at radius 2 is 2.06 bits per heavy atom. The molecule has 2 rings (SSSR count). The lowest BCUT2D eigenvalue weighted by Crippen LogP contribution is -2.14. The number of amides is 1. The maximum absolute atomic E-state index is 11.9. The van der Waals surface area contributed by atoms with Gasteiger partial charge in [-0.05, 0) is 24.3 Å². The Balaban J connectivity index is 2.19. The van der Waals surface area contributed by atoms with Gasteiger partial charge in [-0.25, -0.2) is 9.97 Å². The number of nitrogens with zero attached hydrogens (tertiary/aromatic N) is 2. The van der Waals surface area contributed by atoms with Gasteiger partial charge in [-0.2, -0.15) is 0 Å². The maximum atomic E-state index is 11.9. The Labute approximate surface area is 104 Å². The summed E-state index contributed by atoms with van der Waals surface area (Å²) in [6.07, 6.45) is 3.10. The summed E-state index contributed by atoms with van der Waals surface area (Å²) in [5.74, 6) is 0.384. The minimum atomic E-state index is -0.320. The molecule has 0 unspecified atom stereocenters. The van der Waals surface area contributed by atoms with Crippen molar-refractivity contribution in [2.45, 2.75) is 0 Å². The standard InChI is InChI=1S/C12H12N4O2/c1-18-10-7-8(3-4-9(10)13)11(17)16-12-14-5-2-6-15-12/h2-7H,13H2,1H3,(H,14,15,16,17). The number of aromatic nitrogens is 2. The van der Waals surface area contributed by atoms with Gasteiger partial charge in [-0.1, -0.05) is 0 Å². The maximum Gasteiger partial charge on any atom is 0.258 e. The van der Waals surface area contributed by atoms with Crippen LogP contribution in [0.15, 0.2) is 36.7 Å². The van der Waals surface area contributed by atoms with E-state index in [0.29, 0.717) is 17.0 Å². The molecule has 92 valence electrons. The van der Waals surface area contributed by atoms with Gasteiger partial charge in [0.2, 0.25) is 5.95 Å². The summed E-state index contributed by atoms with van der Waals surface area (Å²) in [6, 6.07) is 6.45. The summed E-state index contributed by atoms with van der Waals surface area (Å²) in [4.78, 5) is 19.7. The Kier molecular flexibility index (Phi) is 3.38. The van der Waals surface area contributed by atoms with Crippen molar-refractivity contribution in [3.8, 4) is 5.75 Å². The number of benzene rings is 1. The van der Waals surface area contributed by atoms with Gasteiger partial charge >= 0.3 is 0 Å². The molecule has 0 bridgehead atoms. The molecule has 6 heteroatoms. The first kappa shape index (κ1) is 11.8. The molecule has 1 aromatic heterocycles. The number of carbonyl (C=O) groups is 1. The normalized spacial score (nSPS) is 9.83. The lowest BCUT2D eigenvalue weighted by atomic mass is 10.2. The molecule has 0 aliphatic carbocycles. The second-order valence-corrected chi connectivity index (χ2v) is 3.48. The van der Waals surface area contributed by atoms with E-state index >= 15 is 0 Å². The SMILES string of the molecule is COc1cc(C(=O)Nc2ncccn2)ccc1N. The first-order valence-corrected chi connectivity index (χ1v) is 5.22. The monoisotopic (exact) mass is 244 g/mol. The summed E-state index contributed by atoms with van der Waals surface area (Å²) >= 11 is 0. The van der Waals surface area contributed by atoms with Crippen molar-refractivity contribution in [3.05, 3.63) is 42.2 Å². The highest BCUT2D eigenvalue weighted by Crippen LogP contribution is 2.22. The van der Waals surface area contributed by atoms with Gasteiger partial charge in [0.15, 0.2) is 0 Å². The molecule has 2 aromatic rings. The topological polar surface area (TPSA) is 90.1 Å². The van der Waals surface area contributed by atoms with Crippen LogP contribution >= 0.6 is 0 Å². The highest BCUT2D eigenvalue weighted by molar-refractivity contribution is 6.03. The van der Waals surface area contributed by atoms with Gasteiger partial charge in [-0.3, -0.25) is 10.1 Å². The molecule has 18 heavy (non-hydrogen) atoms. The van der Waals surface area contributed by atoms with E-state index in [1.54, 1.807) is 36.7 Å². The quantitative estimate of drug-likeness (QED) is 0.795. The van der Waals surface area contributed by atoms with Crippen molar-refractivity contribution in [1.82, 2.24) is 9.97 Å². The van der Waals surface area contributed by atoms with Crippen molar-refractivity contribution in [2.24, 2.45) is 0 Å². The highest BCUT2D eigenvalue weighted by atomic mass is 16.5. The van der Waals surface area contributed by atoms with E-state index in [-0.39, 0.29) is 11.9 Å².